The van der Waals surface area contributed by atoms with E-state index >= 15 is 0 Å². The van der Waals surface area contributed by atoms with Crippen LogP contribution in [0.25, 0.3) is 11.1 Å². The van der Waals surface area contributed by atoms with E-state index in [4.69, 9.17) is 0 Å². The van der Waals surface area contributed by atoms with E-state index in [0.717, 1.165) is 17.7 Å². The molecule has 2 rings (SSSR count). The number of rotatable bonds is 5. The van der Waals surface area contributed by atoms with Crippen LogP contribution in [0.15, 0.2) is 36.7 Å². The van der Waals surface area contributed by atoms with Gasteiger partial charge in [-0.25, -0.2) is 0 Å². The molecular weight excluding hydrogens is 292 g/mol. The lowest BCUT2D eigenvalue weighted by Gasteiger charge is -2.19. The highest BCUT2D eigenvalue weighted by Crippen LogP contribution is 2.25. The van der Waals surface area contributed by atoms with Gasteiger partial charge in [0.25, 0.3) is 0 Å². The van der Waals surface area contributed by atoms with Crippen molar-refractivity contribution >= 4 is 10.8 Å². The molecule has 0 radical (unpaired) electrons. The Bertz CT molecular complexity index is 638. The van der Waals surface area contributed by atoms with Crippen LogP contribution in [0.3, 0.4) is 0 Å². The zero-order valence-electron chi connectivity index (χ0n) is 14.2. The second kappa shape index (κ2) is 6.78. The van der Waals surface area contributed by atoms with Crippen LogP contribution in [0.2, 0.25) is 0 Å². The van der Waals surface area contributed by atoms with Gasteiger partial charge in [0.1, 0.15) is 0 Å². The molecule has 0 bridgehead atoms. The Morgan fingerprint density at radius 2 is 1.82 bits per heavy atom. The third-order valence-electron chi connectivity index (χ3n) is 3.94. The molecule has 0 saturated carbocycles. The Balaban J connectivity index is 1.99. The minimum Gasteiger partial charge on any atom is -0.275 e. The lowest BCUT2D eigenvalue weighted by Crippen LogP contribution is -2.24. The number of benzene rings is 1. The Morgan fingerprint density at radius 1 is 1.18 bits per heavy atom. The summed E-state index contributed by atoms with van der Waals surface area (Å²) in [6.07, 6.45) is 4.85. The van der Waals surface area contributed by atoms with Crippen LogP contribution in [0, 0.1) is 0 Å². The van der Waals surface area contributed by atoms with Gasteiger partial charge >= 0.3 is 0 Å². The molecule has 4 heteroatoms. The first kappa shape index (κ1) is 16.9. The summed E-state index contributed by atoms with van der Waals surface area (Å²) in [6, 6.07) is 8.63. The van der Waals surface area contributed by atoms with Crippen LogP contribution in [-0.2, 0) is 17.8 Å². The van der Waals surface area contributed by atoms with Gasteiger partial charge in [-0.05, 0) is 44.2 Å². The number of nitrogens with zero attached hydrogens (tertiary/aromatic N) is 2. The highest BCUT2D eigenvalue weighted by Gasteiger charge is 2.20. The fourth-order valence-corrected chi connectivity index (χ4v) is 3.51. The molecule has 1 unspecified atom stereocenters. The number of aromatic nitrogens is 2. The van der Waals surface area contributed by atoms with Crippen LogP contribution in [0.4, 0.5) is 0 Å². The first-order chi connectivity index (χ1) is 10.3. The molecular formula is C18H26N2OS. The van der Waals surface area contributed by atoms with E-state index in [1.807, 2.05) is 44.9 Å². The van der Waals surface area contributed by atoms with E-state index in [9.17, 15) is 4.21 Å². The summed E-state index contributed by atoms with van der Waals surface area (Å²) in [7, 11) is 1.15. The molecule has 1 aromatic carbocycles. The normalized spacial score (nSPS) is 14.8. The molecule has 22 heavy (non-hydrogen) atoms. The van der Waals surface area contributed by atoms with Gasteiger partial charge in [0, 0.05) is 40.1 Å². The second-order valence-electron chi connectivity index (χ2n) is 6.88. The topological polar surface area (TPSA) is 34.9 Å². The van der Waals surface area contributed by atoms with Crippen LogP contribution in [-0.4, -0.2) is 24.5 Å². The molecule has 1 aromatic heterocycles. The smallest absolute Gasteiger partial charge is 0.0568 e. The zero-order chi connectivity index (χ0) is 16.3. The van der Waals surface area contributed by atoms with Gasteiger partial charge in [-0.3, -0.25) is 8.89 Å². The molecule has 2 atom stereocenters. The van der Waals surface area contributed by atoms with Crippen molar-refractivity contribution in [2.24, 2.45) is 7.05 Å². The molecule has 0 N–H and O–H groups in total. The molecule has 0 fully saturated rings. The lowest BCUT2D eigenvalue weighted by atomic mass is 9.96. The van der Waals surface area contributed by atoms with Crippen molar-refractivity contribution in [2.45, 2.75) is 44.8 Å². The summed E-state index contributed by atoms with van der Waals surface area (Å²) in [4.78, 5) is 0. The average Bonchev–Trinajstić information content (AvgIpc) is 2.90. The fraction of sp³-hybridized carbons (Fsp3) is 0.500. The van der Waals surface area contributed by atoms with E-state index in [1.165, 1.54) is 11.1 Å². The maximum Gasteiger partial charge on any atom is 0.0568 e. The largest absolute Gasteiger partial charge is 0.275 e. The van der Waals surface area contributed by atoms with Gasteiger partial charge in [-0.1, -0.05) is 31.2 Å². The molecule has 2 aromatic rings. The molecule has 0 aliphatic heterocycles. The predicted octanol–water partition coefficient (Wildman–Crippen LogP) is 4.13. The van der Waals surface area contributed by atoms with Gasteiger partial charge in [-0.15, -0.1) is 0 Å². The highest BCUT2D eigenvalue weighted by molar-refractivity contribution is 7.86. The van der Waals surface area contributed by atoms with Crippen molar-refractivity contribution < 1.29 is 4.21 Å². The summed E-state index contributed by atoms with van der Waals surface area (Å²) in [5, 5.41) is 4.21. The Labute approximate surface area is 136 Å². The summed E-state index contributed by atoms with van der Waals surface area (Å²) >= 11 is 0. The summed E-state index contributed by atoms with van der Waals surface area (Å²) < 4.78 is 13.8. The molecule has 1 heterocycles. The first-order valence-electron chi connectivity index (χ1n) is 7.75. The highest BCUT2D eigenvalue weighted by atomic mass is 32.2. The fourth-order valence-electron chi connectivity index (χ4n) is 2.33. The maximum atomic E-state index is 12.1. The quantitative estimate of drug-likeness (QED) is 0.831. The Hall–Kier alpha value is -1.42. The van der Waals surface area contributed by atoms with Gasteiger partial charge in [0.2, 0.25) is 0 Å². The Kier molecular flexibility index (Phi) is 5.22. The van der Waals surface area contributed by atoms with Gasteiger partial charge in [0.05, 0.1) is 6.20 Å². The third kappa shape index (κ3) is 4.29. The lowest BCUT2D eigenvalue weighted by molar-refractivity contribution is 0.638. The summed E-state index contributed by atoms with van der Waals surface area (Å²) in [5.41, 5.74) is 3.62. The van der Waals surface area contributed by atoms with E-state index in [2.05, 4.69) is 36.3 Å². The first-order valence-corrected chi connectivity index (χ1v) is 9.07. The van der Waals surface area contributed by atoms with Gasteiger partial charge < -0.3 is 0 Å². The van der Waals surface area contributed by atoms with Crippen molar-refractivity contribution in [1.29, 1.82) is 0 Å². The molecule has 0 amide bonds. The second-order valence-corrected chi connectivity index (χ2v) is 9.20. The number of aryl methyl sites for hydroxylation is 1. The molecule has 0 aliphatic carbocycles. The van der Waals surface area contributed by atoms with E-state index in [1.54, 1.807) is 0 Å². The van der Waals surface area contributed by atoms with Gasteiger partial charge in [0.15, 0.2) is 0 Å². The van der Waals surface area contributed by atoms with Crippen molar-refractivity contribution in [3.63, 3.8) is 0 Å². The minimum atomic E-state index is -0.774. The zero-order valence-corrected chi connectivity index (χ0v) is 15.0. The average molecular weight is 318 g/mol. The maximum absolute atomic E-state index is 12.1. The minimum absolute atomic E-state index is 0.121. The van der Waals surface area contributed by atoms with E-state index in [0.29, 0.717) is 5.92 Å². The van der Waals surface area contributed by atoms with E-state index in [-0.39, 0.29) is 4.75 Å². The third-order valence-corrected chi connectivity index (χ3v) is 5.91. The summed E-state index contributed by atoms with van der Waals surface area (Å²) in [5.74, 6) is 1.18. The molecule has 0 saturated heterocycles. The monoisotopic (exact) mass is 318 g/mol. The number of hydrogen-bond acceptors (Lipinski definition) is 2. The predicted molar refractivity (Wildman–Crippen MR) is 94.4 cm³/mol. The SMILES string of the molecule is C[C@H](CCS(=O)C(C)(C)C)c1ccc(-c2cnn(C)c2)cc1. The van der Waals surface area contributed by atoms with Crippen LogP contribution >= 0.6 is 0 Å². The van der Waals surface area contributed by atoms with Crippen molar-refractivity contribution in [1.82, 2.24) is 9.78 Å². The molecule has 3 nitrogen and oxygen atoms in total. The molecule has 120 valence electrons. The summed E-state index contributed by atoms with van der Waals surface area (Å²) in [6.45, 7) is 8.32. The standard InChI is InChI=1S/C18H26N2OS/c1-14(10-11-22(21)18(2,3)4)15-6-8-16(9-7-15)17-12-19-20(5)13-17/h6-9,12-14H,10-11H2,1-5H3/t14-,22?/m1/s1. The molecule has 0 spiro atoms. The van der Waals surface area contributed by atoms with E-state index < -0.39 is 10.8 Å². The van der Waals surface area contributed by atoms with Crippen molar-refractivity contribution in [2.75, 3.05) is 5.75 Å². The number of hydrogen-bond donors (Lipinski definition) is 0. The van der Waals surface area contributed by atoms with Crippen LogP contribution in [0.1, 0.15) is 45.6 Å². The van der Waals surface area contributed by atoms with Crippen LogP contribution in [0.5, 0.6) is 0 Å². The van der Waals surface area contributed by atoms with Crippen molar-refractivity contribution in [3.8, 4) is 11.1 Å². The Morgan fingerprint density at radius 3 is 2.32 bits per heavy atom. The van der Waals surface area contributed by atoms with Crippen LogP contribution < -0.4 is 0 Å². The van der Waals surface area contributed by atoms with Crippen molar-refractivity contribution in [3.05, 3.63) is 42.2 Å². The van der Waals surface area contributed by atoms with Gasteiger partial charge in [-0.2, -0.15) is 5.10 Å². The molecule has 0 aliphatic rings.